The van der Waals surface area contributed by atoms with Gasteiger partial charge in [0.1, 0.15) is 5.82 Å². The lowest BCUT2D eigenvalue weighted by atomic mass is 10.3. The van der Waals surface area contributed by atoms with Crippen molar-refractivity contribution in [2.24, 2.45) is 0 Å². The number of aliphatic hydroxyl groups excluding tert-OH is 1. The lowest BCUT2D eigenvalue weighted by Crippen LogP contribution is -2.25. The molecule has 3 nitrogen and oxygen atoms in total. The summed E-state index contributed by atoms with van der Waals surface area (Å²) >= 11 is 3.46. The first-order chi connectivity index (χ1) is 6.79. The minimum absolute atomic E-state index is 0.223. The minimum Gasteiger partial charge on any atom is -0.396 e. The Morgan fingerprint density at radius 2 is 2.36 bits per heavy atom. The first-order valence-electron chi connectivity index (χ1n) is 4.76. The molecule has 0 aliphatic carbocycles. The van der Waals surface area contributed by atoms with Crippen molar-refractivity contribution < 1.29 is 5.11 Å². The van der Waals surface area contributed by atoms with E-state index in [-0.39, 0.29) is 6.61 Å². The molecule has 1 rings (SSSR count). The van der Waals surface area contributed by atoms with Crippen molar-refractivity contribution in [3.63, 3.8) is 0 Å². The van der Waals surface area contributed by atoms with Crippen LogP contribution in [0.5, 0.6) is 0 Å². The van der Waals surface area contributed by atoms with Gasteiger partial charge in [-0.15, -0.1) is 0 Å². The van der Waals surface area contributed by atoms with Crippen LogP contribution in [0, 0.1) is 0 Å². The highest BCUT2D eigenvalue weighted by atomic mass is 79.9. The molecule has 4 heteroatoms. The number of anilines is 1. The lowest BCUT2D eigenvalue weighted by molar-refractivity contribution is 0.289. The molecule has 1 heterocycles. The molecule has 78 valence electrons. The van der Waals surface area contributed by atoms with Gasteiger partial charge in [0.05, 0.1) is 4.47 Å². The van der Waals surface area contributed by atoms with E-state index in [1.807, 2.05) is 12.1 Å². The summed E-state index contributed by atoms with van der Waals surface area (Å²) in [4.78, 5) is 6.44. The van der Waals surface area contributed by atoms with Gasteiger partial charge in [-0.3, -0.25) is 0 Å². The van der Waals surface area contributed by atoms with E-state index in [1.165, 1.54) is 0 Å². The van der Waals surface area contributed by atoms with E-state index in [1.54, 1.807) is 6.20 Å². The van der Waals surface area contributed by atoms with Crippen LogP contribution in [0.1, 0.15) is 13.3 Å². The van der Waals surface area contributed by atoms with E-state index in [0.29, 0.717) is 0 Å². The molecule has 0 saturated carbocycles. The van der Waals surface area contributed by atoms with Gasteiger partial charge in [-0.25, -0.2) is 4.98 Å². The predicted octanol–water partition coefficient (Wildman–Crippen LogP) is 2.05. The Morgan fingerprint density at radius 1 is 1.57 bits per heavy atom. The van der Waals surface area contributed by atoms with Crippen LogP contribution in [0.3, 0.4) is 0 Å². The van der Waals surface area contributed by atoms with Crippen molar-refractivity contribution >= 4 is 21.7 Å². The standard InChI is InChI=1S/C10H15BrN2O/c1-2-13(7-4-8-14)10-9(11)5-3-6-12-10/h3,5-6,14H,2,4,7-8H2,1H3. The van der Waals surface area contributed by atoms with Crippen molar-refractivity contribution in [2.75, 3.05) is 24.6 Å². The fourth-order valence-electron chi connectivity index (χ4n) is 1.29. The van der Waals surface area contributed by atoms with Crippen molar-refractivity contribution in [3.05, 3.63) is 22.8 Å². The minimum atomic E-state index is 0.223. The summed E-state index contributed by atoms with van der Waals surface area (Å²) in [6, 6.07) is 3.87. The summed E-state index contributed by atoms with van der Waals surface area (Å²) < 4.78 is 1.000. The number of aromatic nitrogens is 1. The molecule has 0 atom stereocenters. The predicted molar refractivity (Wildman–Crippen MR) is 61.5 cm³/mol. The van der Waals surface area contributed by atoms with E-state index in [2.05, 4.69) is 32.7 Å². The SMILES string of the molecule is CCN(CCCO)c1ncccc1Br. The second-order valence-electron chi connectivity index (χ2n) is 2.97. The van der Waals surface area contributed by atoms with Crippen LogP contribution in [-0.4, -0.2) is 29.8 Å². The molecule has 0 saturated heterocycles. The van der Waals surface area contributed by atoms with Crippen LogP contribution >= 0.6 is 15.9 Å². The molecule has 0 aliphatic rings. The first kappa shape index (κ1) is 11.5. The topological polar surface area (TPSA) is 36.4 Å². The largest absolute Gasteiger partial charge is 0.396 e. The molecule has 0 unspecified atom stereocenters. The smallest absolute Gasteiger partial charge is 0.142 e. The van der Waals surface area contributed by atoms with Crippen LogP contribution in [0.15, 0.2) is 22.8 Å². The molecule has 0 amide bonds. The normalized spacial score (nSPS) is 10.2. The van der Waals surface area contributed by atoms with Gasteiger partial charge in [-0.2, -0.15) is 0 Å². The third kappa shape index (κ3) is 2.96. The Bertz CT molecular complexity index is 281. The van der Waals surface area contributed by atoms with Gasteiger partial charge in [-0.05, 0) is 41.4 Å². The van der Waals surface area contributed by atoms with Crippen LogP contribution in [-0.2, 0) is 0 Å². The molecular formula is C10H15BrN2O. The Labute approximate surface area is 92.9 Å². The number of aliphatic hydroxyl groups is 1. The van der Waals surface area contributed by atoms with Gasteiger partial charge < -0.3 is 10.0 Å². The first-order valence-corrected chi connectivity index (χ1v) is 5.55. The van der Waals surface area contributed by atoms with Crippen LogP contribution in [0.2, 0.25) is 0 Å². The molecule has 1 N–H and O–H groups in total. The van der Waals surface area contributed by atoms with Crippen LogP contribution in [0.4, 0.5) is 5.82 Å². The highest BCUT2D eigenvalue weighted by molar-refractivity contribution is 9.10. The summed E-state index contributed by atoms with van der Waals surface area (Å²) in [6.07, 6.45) is 2.55. The average molecular weight is 259 g/mol. The van der Waals surface area contributed by atoms with Gasteiger partial charge in [0.2, 0.25) is 0 Å². The van der Waals surface area contributed by atoms with Crippen molar-refractivity contribution in [2.45, 2.75) is 13.3 Å². The van der Waals surface area contributed by atoms with Crippen molar-refractivity contribution in [1.82, 2.24) is 4.98 Å². The molecule has 0 spiro atoms. The number of pyridine rings is 1. The Morgan fingerprint density at radius 3 is 2.93 bits per heavy atom. The monoisotopic (exact) mass is 258 g/mol. The summed E-state index contributed by atoms with van der Waals surface area (Å²) in [5, 5.41) is 8.77. The highest BCUT2D eigenvalue weighted by Crippen LogP contribution is 2.22. The van der Waals surface area contributed by atoms with E-state index < -0.39 is 0 Å². The van der Waals surface area contributed by atoms with E-state index in [9.17, 15) is 0 Å². The maximum Gasteiger partial charge on any atom is 0.142 e. The number of halogens is 1. The molecule has 0 radical (unpaired) electrons. The zero-order valence-electron chi connectivity index (χ0n) is 8.28. The molecule has 1 aromatic heterocycles. The molecule has 1 aromatic rings. The van der Waals surface area contributed by atoms with Crippen LogP contribution < -0.4 is 4.90 Å². The second-order valence-corrected chi connectivity index (χ2v) is 3.82. The van der Waals surface area contributed by atoms with Gasteiger partial charge in [0, 0.05) is 25.9 Å². The third-order valence-electron chi connectivity index (χ3n) is 2.01. The van der Waals surface area contributed by atoms with E-state index in [4.69, 9.17) is 5.11 Å². The van der Waals surface area contributed by atoms with E-state index >= 15 is 0 Å². The van der Waals surface area contributed by atoms with Gasteiger partial charge in [0.25, 0.3) is 0 Å². The van der Waals surface area contributed by atoms with Gasteiger partial charge >= 0.3 is 0 Å². The number of nitrogens with zero attached hydrogens (tertiary/aromatic N) is 2. The third-order valence-corrected chi connectivity index (χ3v) is 2.63. The Balaban J connectivity index is 2.73. The number of hydrogen-bond donors (Lipinski definition) is 1. The van der Waals surface area contributed by atoms with Crippen LogP contribution in [0.25, 0.3) is 0 Å². The second kappa shape index (κ2) is 5.98. The maximum atomic E-state index is 8.77. The zero-order chi connectivity index (χ0) is 10.4. The molecule has 0 aromatic carbocycles. The number of rotatable bonds is 5. The average Bonchev–Trinajstić information content (AvgIpc) is 2.21. The lowest BCUT2D eigenvalue weighted by Gasteiger charge is -2.22. The summed E-state index contributed by atoms with van der Waals surface area (Å²) in [5.41, 5.74) is 0. The zero-order valence-corrected chi connectivity index (χ0v) is 9.87. The Kier molecular flexibility index (Phi) is 4.90. The molecular weight excluding hydrogens is 244 g/mol. The molecule has 0 fully saturated rings. The van der Waals surface area contributed by atoms with E-state index in [0.717, 1.165) is 29.8 Å². The summed E-state index contributed by atoms with van der Waals surface area (Å²) in [7, 11) is 0. The van der Waals surface area contributed by atoms with Gasteiger partial charge in [0.15, 0.2) is 0 Å². The molecule has 0 aliphatic heterocycles. The van der Waals surface area contributed by atoms with Crippen molar-refractivity contribution in [1.29, 1.82) is 0 Å². The summed E-state index contributed by atoms with van der Waals surface area (Å²) in [5.74, 6) is 0.948. The fourth-order valence-corrected chi connectivity index (χ4v) is 1.79. The van der Waals surface area contributed by atoms with Crippen molar-refractivity contribution in [3.8, 4) is 0 Å². The number of hydrogen-bond acceptors (Lipinski definition) is 3. The summed E-state index contributed by atoms with van der Waals surface area (Å²) in [6.45, 7) is 4.04. The molecule has 14 heavy (non-hydrogen) atoms. The van der Waals surface area contributed by atoms with Gasteiger partial charge in [-0.1, -0.05) is 0 Å². The quantitative estimate of drug-likeness (QED) is 0.879. The Hall–Kier alpha value is -0.610. The highest BCUT2D eigenvalue weighted by Gasteiger charge is 2.07. The fraction of sp³-hybridized carbons (Fsp3) is 0.500. The molecule has 0 bridgehead atoms. The maximum absolute atomic E-state index is 8.77.